The topological polar surface area (TPSA) is 0 Å². The van der Waals surface area contributed by atoms with E-state index in [1.807, 2.05) is 11.1 Å². The summed E-state index contributed by atoms with van der Waals surface area (Å²) in [5.74, 6) is 0. The van der Waals surface area contributed by atoms with Gasteiger partial charge in [-0.1, -0.05) is 0 Å². The standard InChI is InChI=1S/2C9H11.C2H4.CH3.ClH.Zr/c2*1-2-5-9-7-3-6-8(9)4-1;1-2;;;/h2*3,6-7H,1-2,4-5H2;1-2H2;1H3;1H;. The van der Waals surface area contributed by atoms with Gasteiger partial charge in [-0.15, -0.1) is 12.4 Å². The molecule has 1 aliphatic heterocycles. The van der Waals surface area contributed by atoms with Gasteiger partial charge in [0.1, 0.15) is 0 Å². The van der Waals surface area contributed by atoms with Crippen LogP contribution in [0.3, 0.4) is 0 Å². The summed E-state index contributed by atoms with van der Waals surface area (Å²) < 4.78 is 8.03. The zero-order chi connectivity index (χ0) is 14.8. The molecule has 2 atom stereocenters. The normalized spacial score (nSPS) is 37.7. The van der Waals surface area contributed by atoms with E-state index in [-0.39, 0.29) is 12.4 Å². The second-order valence-corrected chi connectivity index (χ2v) is 27.1. The van der Waals surface area contributed by atoms with Gasteiger partial charge >= 0.3 is 137 Å². The van der Waals surface area contributed by atoms with Gasteiger partial charge in [0.05, 0.1) is 0 Å². The van der Waals surface area contributed by atoms with E-state index in [0.717, 1.165) is 7.25 Å². The van der Waals surface area contributed by atoms with Crippen LogP contribution >= 0.6 is 12.4 Å². The molecule has 23 heavy (non-hydrogen) atoms. The van der Waals surface area contributed by atoms with Crippen LogP contribution in [-0.2, 0) is 18.8 Å². The van der Waals surface area contributed by atoms with E-state index in [1.165, 1.54) is 51.4 Å². The Balaban J connectivity index is 0.00000135. The van der Waals surface area contributed by atoms with Gasteiger partial charge in [0, 0.05) is 0 Å². The van der Waals surface area contributed by atoms with Crippen molar-refractivity contribution in [1.82, 2.24) is 0 Å². The summed E-state index contributed by atoms with van der Waals surface area (Å²) in [7, 11) is 0. The SMILES string of the molecule is Cl.[CH3][Zr]1([CH]2C=CC3=C2CCCC3)([CH]2C=CC3=C2CCCC3)[CH2][CH2]1. The third kappa shape index (κ3) is 2.25. The van der Waals surface area contributed by atoms with E-state index in [0.29, 0.717) is 0 Å². The van der Waals surface area contributed by atoms with E-state index in [2.05, 4.69) is 28.9 Å². The number of rotatable bonds is 2. The van der Waals surface area contributed by atoms with Crippen molar-refractivity contribution in [2.24, 2.45) is 0 Å². The predicted molar refractivity (Wildman–Crippen MR) is 99.5 cm³/mol. The van der Waals surface area contributed by atoms with Crippen LogP contribution in [0.1, 0.15) is 51.4 Å². The molecule has 1 saturated heterocycles. The fourth-order valence-corrected chi connectivity index (χ4v) is 29.6. The van der Waals surface area contributed by atoms with Crippen LogP contribution in [0.15, 0.2) is 46.6 Å². The zero-order valence-corrected chi connectivity index (χ0v) is 17.7. The molecule has 0 bridgehead atoms. The first-order chi connectivity index (χ1) is 10.7. The Morgan fingerprint density at radius 3 is 1.61 bits per heavy atom. The van der Waals surface area contributed by atoms with Gasteiger partial charge in [0.15, 0.2) is 0 Å². The Morgan fingerprint density at radius 2 is 1.17 bits per heavy atom. The van der Waals surface area contributed by atoms with E-state index < -0.39 is 18.8 Å². The number of allylic oxidation sites excluding steroid dienone is 8. The molecule has 1 fully saturated rings. The fourth-order valence-electron chi connectivity index (χ4n) is 6.36. The first-order valence-corrected chi connectivity index (χ1v) is 18.5. The van der Waals surface area contributed by atoms with Gasteiger partial charge in [-0.25, -0.2) is 0 Å². The molecule has 0 aromatic heterocycles. The van der Waals surface area contributed by atoms with Crippen LogP contribution in [-0.4, -0.2) is 0 Å². The van der Waals surface area contributed by atoms with Crippen LogP contribution in [0.25, 0.3) is 0 Å². The van der Waals surface area contributed by atoms with E-state index in [4.69, 9.17) is 0 Å². The van der Waals surface area contributed by atoms with Gasteiger partial charge in [0.25, 0.3) is 0 Å². The van der Waals surface area contributed by atoms with E-state index in [9.17, 15) is 0 Å². The Labute approximate surface area is 148 Å². The zero-order valence-electron chi connectivity index (χ0n) is 14.4. The maximum absolute atomic E-state index is 2.86. The molecular formula is C21H30ClZr. The summed E-state index contributed by atoms with van der Waals surface area (Å²) in [6.07, 6.45) is 21.9. The Bertz CT molecular complexity index is 607. The second kappa shape index (κ2) is 5.57. The summed E-state index contributed by atoms with van der Waals surface area (Å²) >= 11 is -2.62. The molecule has 0 aromatic rings. The van der Waals surface area contributed by atoms with Crippen molar-refractivity contribution in [3.05, 3.63) is 46.6 Å². The minimum absolute atomic E-state index is 0. The molecule has 2 heteroatoms. The van der Waals surface area contributed by atoms with Crippen LogP contribution in [0, 0.1) is 0 Å². The summed E-state index contributed by atoms with van der Waals surface area (Å²) in [5, 5.41) is 0. The minimum atomic E-state index is -2.62. The Kier molecular flexibility index (Phi) is 4.02. The number of hydrogen-bond acceptors (Lipinski definition) is 0. The molecule has 1 heterocycles. The van der Waals surface area contributed by atoms with Crippen molar-refractivity contribution in [3.8, 4) is 0 Å². The summed E-state index contributed by atoms with van der Waals surface area (Å²) in [4.78, 5) is 0. The number of halogens is 1. The molecule has 5 rings (SSSR count). The molecule has 0 radical (unpaired) electrons. The van der Waals surface area contributed by atoms with Crippen molar-refractivity contribution in [3.63, 3.8) is 0 Å². The van der Waals surface area contributed by atoms with Gasteiger partial charge in [-0.2, -0.15) is 0 Å². The number of hydrogen-bond donors (Lipinski definition) is 0. The predicted octanol–water partition coefficient (Wildman–Crippen LogP) is 7.45. The van der Waals surface area contributed by atoms with Crippen LogP contribution in [0.2, 0.25) is 20.1 Å². The van der Waals surface area contributed by atoms with Crippen LogP contribution < -0.4 is 0 Å². The molecule has 0 amide bonds. The Morgan fingerprint density at radius 1 is 0.739 bits per heavy atom. The maximum atomic E-state index is 2.86. The van der Waals surface area contributed by atoms with Crippen molar-refractivity contribution in [2.75, 3.05) is 0 Å². The van der Waals surface area contributed by atoms with Crippen LogP contribution in [0.4, 0.5) is 0 Å². The average molecular weight is 409 g/mol. The molecule has 0 saturated carbocycles. The van der Waals surface area contributed by atoms with Gasteiger partial charge in [0.2, 0.25) is 0 Å². The molecule has 0 N–H and O–H groups in total. The van der Waals surface area contributed by atoms with Crippen LogP contribution in [0.5, 0.6) is 0 Å². The van der Waals surface area contributed by atoms with E-state index in [1.54, 1.807) is 19.4 Å². The first-order valence-electron chi connectivity index (χ1n) is 9.69. The van der Waals surface area contributed by atoms with Gasteiger partial charge < -0.3 is 0 Å². The van der Waals surface area contributed by atoms with Crippen molar-refractivity contribution in [2.45, 2.75) is 71.5 Å². The average Bonchev–Trinajstić information content (AvgIpc) is 2.95. The van der Waals surface area contributed by atoms with Crippen molar-refractivity contribution < 1.29 is 18.8 Å². The fraction of sp³-hybridized carbons (Fsp3) is 0.619. The molecule has 0 nitrogen and oxygen atoms in total. The molecule has 0 aromatic carbocycles. The third-order valence-electron chi connectivity index (χ3n) is 8.03. The van der Waals surface area contributed by atoms with Crippen molar-refractivity contribution >= 4 is 12.4 Å². The molecule has 2 unspecified atom stereocenters. The van der Waals surface area contributed by atoms with E-state index >= 15 is 0 Å². The summed E-state index contributed by atoms with van der Waals surface area (Å²) in [5.41, 5.74) is 7.38. The molecule has 5 aliphatic rings. The molecule has 0 spiro atoms. The molecular weight excluding hydrogens is 379 g/mol. The van der Waals surface area contributed by atoms with Gasteiger partial charge in [-0.05, 0) is 0 Å². The quantitative estimate of drug-likeness (QED) is 0.444. The third-order valence-corrected chi connectivity index (χ3v) is 26.4. The Hall–Kier alpha value is 0.133. The van der Waals surface area contributed by atoms with Crippen molar-refractivity contribution in [1.29, 1.82) is 0 Å². The molecule has 4 aliphatic carbocycles. The second-order valence-electron chi connectivity index (χ2n) is 9.21. The van der Waals surface area contributed by atoms with Gasteiger partial charge in [-0.3, -0.25) is 0 Å². The first kappa shape index (κ1) is 16.6. The monoisotopic (exact) mass is 407 g/mol. The summed E-state index contributed by atoms with van der Waals surface area (Å²) in [6, 6.07) is 0. The molecule has 125 valence electrons. The summed E-state index contributed by atoms with van der Waals surface area (Å²) in [6.45, 7) is 0.